The van der Waals surface area contributed by atoms with Gasteiger partial charge in [-0.2, -0.15) is 0 Å². The summed E-state index contributed by atoms with van der Waals surface area (Å²) in [4.78, 5) is 30.7. The number of rotatable bonds is 7. The molecule has 0 atom stereocenters. The Hall–Kier alpha value is -1.95. The van der Waals surface area contributed by atoms with Crippen molar-refractivity contribution in [2.24, 2.45) is 0 Å². The quantitative estimate of drug-likeness (QED) is 0.811. The molecule has 1 aromatic rings. The fourth-order valence-corrected chi connectivity index (χ4v) is 1.79. The van der Waals surface area contributed by atoms with Gasteiger partial charge in [0, 0.05) is 19.3 Å². The molecule has 20 heavy (non-hydrogen) atoms. The van der Waals surface area contributed by atoms with Crippen LogP contribution in [0, 0.1) is 0 Å². The highest BCUT2D eigenvalue weighted by Crippen LogP contribution is 2.05. The average molecular weight is 279 g/mol. The maximum Gasteiger partial charge on any atom is 0.337 e. The van der Waals surface area contributed by atoms with Gasteiger partial charge in [0.25, 0.3) is 5.91 Å². The first-order valence-electron chi connectivity index (χ1n) is 6.59. The first-order chi connectivity index (χ1) is 9.45. The summed E-state index contributed by atoms with van der Waals surface area (Å²) in [5.74, 6) is -1.21. The third-order valence-corrected chi connectivity index (χ3v) is 2.93. The molecule has 6 heteroatoms. The Kier molecular flexibility index (Phi) is 6.11. The van der Waals surface area contributed by atoms with E-state index in [0.717, 1.165) is 13.0 Å². The van der Waals surface area contributed by atoms with Gasteiger partial charge in [-0.3, -0.25) is 9.78 Å². The molecule has 1 aromatic heterocycles. The zero-order valence-electron chi connectivity index (χ0n) is 12.2. The third-order valence-electron chi connectivity index (χ3n) is 2.93. The Labute approximate surface area is 119 Å². The second-order valence-corrected chi connectivity index (χ2v) is 4.78. The number of nitrogens with zero attached hydrogens (tertiary/aromatic N) is 3. The van der Waals surface area contributed by atoms with Gasteiger partial charge in [-0.1, -0.05) is 0 Å². The number of carboxylic acid groups (broad SMARTS) is 1. The van der Waals surface area contributed by atoms with E-state index in [2.05, 4.69) is 9.88 Å². The summed E-state index contributed by atoms with van der Waals surface area (Å²) in [5.41, 5.74) is 0.360. The zero-order valence-corrected chi connectivity index (χ0v) is 12.2. The fraction of sp³-hybridized carbons (Fsp3) is 0.500. The Morgan fingerprint density at radius 3 is 2.40 bits per heavy atom. The van der Waals surface area contributed by atoms with E-state index in [0.29, 0.717) is 13.1 Å². The lowest BCUT2D eigenvalue weighted by molar-refractivity contribution is 0.0692. The molecular weight excluding hydrogens is 258 g/mol. The third kappa shape index (κ3) is 4.62. The fourth-order valence-electron chi connectivity index (χ4n) is 1.79. The van der Waals surface area contributed by atoms with Crippen molar-refractivity contribution in [2.75, 3.05) is 33.7 Å². The van der Waals surface area contributed by atoms with Gasteiger partial charge >= 0.3 is 5.97 Å². The summed E-state index contributed by atoms with van der Waals surface area (Å²) in [6.07, 6.45) is 2.10. The summed E-state index contributed by atoms with van der Waals surface area (Å²) in [6, 6.07) is 2.86. The second-order valence-electron chi connectivity index (χ2n) is 4.78. The van der Waals surface area contributed by atoms with Crippen LogP contribution in [0.1, 0.15) is 34.2 Å². The Balaban J connectivity index is 2.67. The highest BCUT2D eigenvalue weighted by molar-refractivity contribution is 5.93. The lowest BCUT2D eigenvalue weighted by Gasteiger charge is -2.21. The van der Waals surface area contributed by atoms with Gasteiger partial charge in [-0.15, -0.1) is 0 Å². The van der Waals surface area contributed by atoms with Crippen LogP contribution in [0.2, 0.25) is 0 Å². The van der Waals surface area contributed by atoms with E-state index in [9.17, 15) is 9.59 Å². The van der Waals surface area contributed by atoms with Crippen LogP contribution in [0.25, 0.3) is 0 Å². The van der Waals surface area contributed by atoms with Gasteiger partial charge in [0.15, 0.2) is 0 Å². The predicted molar refractivity (Wildman–Crippen MR) is 75.9 cm³/mol. The molecule has 0 aromatic carbocycles. The largest absolute Gasteiger partial charge is 0.478 e. The van der Waals surface area contributed by atoms with E-state index in [1.54, 1.807) is 4.90 Å². The molecule has 0 radical (unpaired) electrons. The normalized spacial score (nSPS) is 10.6. The summed E-state index contributed by atoms with van der Waals surface area (Å²) in [7, 11) is 3.98. The summed E-state index contributed by atoms with van der Waals surface area (Å²) in [6.45, 7) is 4.10. The minimum atomic E-state index is -1.05. The highest BCUT2D eigenvalue weighted by atomic mass is 16.4. The summed E-state index contributed by atoms with van der Waals surface area (Å²) >= 11 is 0. The van der Waals surface area contributed by atoms with Crippen molar-refractivity contribution < 1.29 is 14.7 Å². The van der Waals surface area contributed by atoms with Crippen molar-refractivity contribution in [3.8, 4) is 0 Å². The van der Waals surface area contributed by atoms with E-state index >= 15 is 0 Å². The number of carbonyl (C=O) groups is 2. The molecule has 0 bridgehead atoms. The first kappa shape index (κ1) is 16.1. The van der Waals surface area contributed by atoms with Crippen LogP contribution in [-0.2, 0) is 0 Å². The van der Waals surface area contributed by atoms with Crippen LogP contribution in [0.4, 0.5) is 0 Å². The van der Waals surface area contributed by atoms with Crippen molar-refractivity contribution in [2.45, 2.75) is 13.3 Å². The smallest absolute Gasteiger partial charge is 0.337 e. The van der Waals surface area contributed by atoms with Gasteiger partial charge in [0.2, 0.25) is 0 Å². The molecule has 0 aliphatic carbocycles. The van der Waals surface area contributed by atoms with Crippen molar-refractivity contribution in [1.82, 2.24) is 14.8 Å². The minimum absolute atomic E-state index is 0.0807. The van der Waals surface area contributed by atoms with Crippen molar-refractivity contribution in [3.05, 3.63) is 29.6 Å². The number of hydrogen-bond acceptors (Lipinski definition) is 4. The maximum atomic E-state index is 12.2. The molecule has 110 valence electrons. The SMILES string of the molecule is CCN(CCCN(C)C)C(=O)c1ccc(C(=O)O)cn1. The molecule has 0 fully saturated rings. The highest BCUT2D eigenvalue weighted by Gasteiger charge is 2.15. The molecule has 6 nitrogen and oxygen atoms in total. The molecule has 0 saturated heterocycles. The molecule has 0 aliphatic rings. The van der Waals surface area contributed by atoms with Crippen molar-refractivity contribution in [3.63, 3.8) is 0 Å². The van der Waals surface area contributed by atoms with Crippen LogP contribution in [-0.4, -0.2) is 65.5 Å². The Morgan fingerprint density at radius 1 is 1.25 bits per heavy atom. The number of carbonyl (C=O) groups excluding carboxylic acids is 1. The summed E-state index contributed by atoms with van der Waals surface area (Å²) < 4.78 is 0. The molecule has 1 heterocycles. The zero-order chi connectivity index (χ0) is 15.1. The molecule has 0 unspecified atom stereocenters. The van der Waals surface area contributed by atoms with E-state index in [4.69, 9.17) is 5.11 Å². The molecular formula is C14H21N3O3. The van der Waals surface area contributed by atoms with E-state index in [1.165, 1.54) is 18.3 Å². The average Bonchev–Trinajstić information content (AvgIpc) is 2.42. The van der Waals surface area contributed by atoms with E-state index < -0.39 is 5.97 Å². The number of carboxylic acids is 1. The van der Waals surface area contributed by atoms with Crippen LogP contribution in [0.5, 0.6) is 0 Å². The lowest BCUT2D eigenvalue weighted by Crippen LogP contribution is -2.33. The van der Waals surface area contributed by atoms with Crippen molar-refractivity contribution >= 4 is 11.9 Å². The lowest BCUT2D eigenvalue weighted by atomic mass is 10.2. The monoisotopic (exact) mass is 279 g/mol. The van der Waals surface area contributed by atoms with Gasteiger partial charge in [-0.05, 0) is 46.1 Å². The number of pyridine rings is 1. The number of aromatic nitrogens is 1. The van der Waals surface area contributed by atoms with Crippen LogP contribution in [0.3, 0.4) is 0 Å². The van der Waals surface area contributed by atoms with Gasteiger partial charge < -0.3 is 14.9 Å². The maximum absolute atomic E-state index is 12.2. The molecule has 0 spiro atoms. The molecule has 1 amide bonds. The van der Waals surface area contributed by atoms with Gasteiger partial charge in [0.05, 0.1) is 5.56 Å². The number of hydrogen-bond donors (Lipinski definition) is 1. The van der Waals surface area contributed by atoms with Gasteiger partial charge in [0.1, 0.15) is 5.69 Å². The molecule has 0 saturated carbocycles. The van der Waals surface area contributed by atoms with Crippen LogP contribution < -0.4 is 0 Å². The van der Waals surface area contributed by atoms with Gasteiger partial charge in [-0.25, -0.2) is 4.79 Å². The van der Waals surface area contributed by atoms with Crippen LogP contribution in [0.15, 0.2) is 18.3 Å². The van der Waals surface area contributed by atoms with Crippen LogP contribution >= 0.6 is 0 Å². The molecule has 0 aliphatic heterocycles. The summed E-state index contributed by atoms with van der Waals surface area (Å²) in [5, 5.41) is 8.80. The van der Waals surface area contributed by atoms with E-state index in [1.807, 2.05) is 21.0 Å². The first-order valence-corrected chi connectivity index (χ1v) is 6.59. The Morgan fingerprint density at radius 2 is 1.95 bits per heavy atom. The van der Waals surface area contributed by atoms with Crippen molar-refractivity contribution in [1.29, 1.82) is 0 Å². The molecule has 1 N–H and O–H groups in total. The number of amides is 1. The second kappa shape index (κ2) is 7.59. The molecule has 1 rings (SSSR count). The minimum Gasteiger partial charge on any atom is -0.478 e. The number of aromatic carboxylic acids is 1. The topological polar surface area (TPSA) is 73.7 Å². The predicted octanol–water partition coefficient (Wildman–Crippen LogP) is 1.19. The Bertz CT molecular complexity index is 457. The standard InChI is InChI=1S/C14H21N3O3/c1-4-17(9-5-8-16(2)3)13(18)12-7-6-11(10-15-12)14(19)20/h6-7,10H,4-5,8-9H2,1-3H3,(H,19,20). The van der Waals surface area contributed by atoms with E-state index in [-0.39, 0.29) is 17.2 Å².